The smallest absolute Gasteiger partial charge is 0.370 e. The minimum atomic E-state index is -1.38. The summed E-state index contributed by atoms with van der Waals surface area (Å²) in [5, 5.41) is 27.5. The van der Waals surface area contributed by atoms with E-state index in [1.807, 2.05) is 29.5 Å². The van der Waals surface area contributed by atoms with Crippen molar-refractivity contribution in [2.75, 3.05) is 26.8 Å². The summed E-state index contributed by atoms with van der Waals surface area (Å²) in [7, 11) is 1.74. The first-order chi connectivity index (χ1) is 20.0. The standard InChI is InChI=1S/C30H39NO4S.C3H4O3/c1-5-13-30(3)17-22-8-6-10-26(29(22)35-30)34-19-23(32)18-31-14-12-21(15-20(31)2)28-16-24-25(33-4)9-7-11-27(24)36-28;1-2(4)3(5)6/h6-11,16,20-21,23,32H,5,12-15,17-19H2,1-4H3;4H,1H2,(H,5,6)/t20?,21-,23?,30?;/m0./s1. The van der Waals surface area contributed by atoms with E-state index < -0.39 is 17.8 Å². The van der Waals surface area contributed by atoms with Gasteiger partial charge < -0.3 is 29.5 Å². The van der Waals surface area contributed by atoms with E-state index in [1.165, 1.54) is 20.5 Å². The van der Waals surface area contributed by atoms with E-state index >= 15 is 0 Å². The zero-order valence-corrected chi connectivity index (χ0v) is 25.8. The fourth-order valence-electron chi connectivity index (χ4n) is 5.98. The van der Waals surface area contributed by atoms with Crippen molar-refractivity contribution in [2.24, 2.45) is 0 Å². The molecular formula is C33H43NO7S. The molecule has 0 aliphatic carbocycles. The molecule has 2 aromatic carbocycles. The van der Waals surface area contributed by atoms with Gasteiger partial charge in [0.2, 0.25) is 0 Å². The zero-order valence-electron chi connectivity index (χ0n) is 25.0. The van der Waals surface area contributed by atoms with Gasteiger partial charge in [-0.2, -0.15) is 0 Å². The lowest BCUT2D eigenvalue weighted by molar-refractivity contribution is -0.135. The number of methoxy groups -OCH3 is 1. The lowest BCUT2D eigenvalue weighted by Crippen LogP contribution is -2.45. The van der Waals surface area contributed by atoms with Gasteiger partial charge in [-0.25, -0.2) is 4.79 Å². The van der Waals surface area contributed by atoms with Gasteiger partial charge in [-0.15, -0.1) is 11.3 Å². The minimum absolute atomic E-state index is 0.158. The molecule has 0 bridgehead atoms. The summed E-state index contributed by atoms with van der Waals surface area (Å²) in [5.74, 6) is 0.902. The quantitative estimate of drug-likeness (QED) is 0.178. The van der Waals surface area contributed by atoms with E-state index in [0.717, 1.165) is 55.9 Å². The van der Waals surface area contributed by atoms with Gasteiger partial charge in [0.05, 0.1) is 7.11 Å². The lowest BCUT2D eigenvalue weighted by atomic mass is 9.90. The molecule has 228 valence electrons. The van der Waals surface area contributed by atoms with Gasteiger partial charge in [0, 0.05) is 39.5 Å². The average molecular weight is 598 g/mol. The predicted octanol–water partition coefficient (Wildman–Crippen LogP) is 6.55. The number of nitrogens with zero attached hydrogens (tertiary/aromatic N) is 1. The van der Waals surface area contributed by atoms with E-state index in [9.17, 15) is 9.90 Å². The second kappa shape index (κ2) is 13.8. The van der Waals surface area contributed by atoms with Crippen LogP contribution in [0.3, 0.4) is 0 Å². The van der Waals surface area contributed by atoms with Crippen LogP contribution >= 0.6 is 11.3 Å². The third-order valence-corrected chi connectivity index (χ3v) is 9.31. The number of carbonyl (C=O) groups is 1. The number of hydrogen-bond donors (Lipinski definition) is 3. The highest BCUT2D eigenvalue weighted by molar-refractivity contribution is 7.19. The van der Waals surface area contributed by atoms with Crippen LogP contribution in [0.25, 0.3) is 10.1 Å². The molecule has 1 aromatic heterocycles. The third-order valence-electron chi connectivity index (χ3n) is 8.05. The maximum atomic E-state index is 10.8. The van der Waals surface area contributed by atoms with Crippen molar-refractivity contribution in [3.8, 4) is 17.2 Å². The van der Waals surface area contributed by atoms with Gasteiger partial charge >= 0.3 is 5.97 Å². The molecule has 3 unspecified atom stereocenters. The van der Waals surface area contributed by atoms with Crippen molar-refractivity contribution >= 4 is 27.4 Å². The second-order valence-electron chi connectivity index (χ2n) is 11.5. The van der Waals surface area contributed by atoms with Gasteiger partial charge in [-0.05, 0) is 76.4 Å². The van der Waals surface area contributed by atoms with E-state index in [-0.39, 0.29) is 12.2 Å². The van der Waals surface area contributed by atoms with E-state index in [0.29, 0.717) is 18.5 Å². The molecule has 3 N–H and O–H groups in total. The first kappa shape index (κ1) is 31.7. The van der Waals surface area contributed by atoms with Crippen LogP contribution in [0.1, 0.15) is 62.8 Å². The summed E-state index contributed by atoms with van der Waals surface area (Å²) in [6.45, 7) is 11.2. The molecule has 1 fully saturated rings. The number of carboxylic acids is 1. The summed E-state index contributed by atoms with van der Waals surface area (Å²) in [5.41, 5.74) is 1.04. The molecule has 0 radical (unpaired) electrons. The number of β-amino-alcohol motifs (C(OH)–C–C–N with tert-alkyl or cyclic N) is 1. The first-order valence-electron chi connectivity index (χ1n) is 14.6. The normalized spacial score (nSPS) is 22.4. The van der Waals surface area contributed by atoms with Crippen molar-refractivity contribution in [2.45, 2.75) is 76.5 Å². The molecule has 2 aliphatic rings. The Hall–Kier alpha value is -3.27. The number of aliphatic carboxylic acids is 1. The maximum Gasteiger partial charge on any atom is 0.370 e. The van der Waals surface area contributed by atoms with E-state index in [1.54, 1.807) is 7.11 Å². The molecule has 3 heterocycles. The number of ether oxygens (including phenoxy) is 3. The minimum Gasteiger partial charge on any atom is -0.502 e. The van der Waals surface area contributed by atoms with Crippen LogP contribution in [-0.4, -0.2) is 70.7 Å². The summed E-state index contributed by atoms with van der Waals surface area (Å²) >= 11 is 1.89. The number of piperidine rings is 1. The van der Waals surface area contributed by atoms with Crippen molar-refractivity contribution in [3.05, 3.63) is 65.2 Å². The number of para-hydroxylation sites is 1. The number of fused-ring (bicyclic) bond motifs is 2. The van der Waals surface area contributed by atoms with Gasteiger partial charge in [0.15, 0.2) is 17.3 Å². The van der Waals surface area contributed by atoms with Crippen LogP contribution in [-0.2, 0) is 11.2 Å². The lowest BCUT2D eigenvalue weighted by Gasteiger charge is -2.38. The molecule has 3 aromatic rings. The number of aliphatic hydroxyl groups is 2. The summed E-state index contributed by atoms with van der Waals surface area (Å²) in [6, 6.07) is 15.1. The Balaban J connectivity index is 0.000000612. The monoisotopic (exact) mass is 597 g/mol. The fourth-order valence-corrected chi connectivity index (χ4v) is 7.20. The van der Waals surface area contributed by atoms with Gasteiger partial charge in [0.1, 0.15) is 24.1 Å². The molecule has 0 spiro atoms. The Morgan fingerprint density at radius 2 is 1.95 bits per heavy atom. The number of hydrogen-bond acceptors (Lipinski definition) is 8. The van der Waals surface area contributed by atoms with Crippen molar-refractivity contribution < 1.29 is 34.3 Å². The van der Waals surface area contributed by atoms with Crippen LogP contribution in [0.5, 0.6) is 17.2 Å². The van der Waals surface area contributed by atoms with Crippen molar-refractivity contribution in [1.82, 2.24) is 4.90 Å². The van der Waals surface area contributed by atoms with Gasteiger partial charge in [-0.1, -0.05) is 31.5 Å². The third kappa shape index (κ3) is 7.56. The molecule has 0 saturated carbocycles. The van der Waals surface area contributed by atoms with Crippen LogP contribution in [0, 0.1) is 0 Å². The molecule has 8 nitrogen and oxygen atoms in total. The highest BCUT2D eigenvalue weighted by atomic mass is 32.1. The van der Waals surface area contributed by atoms with Crippen LogP contribution in [0.15, 0.2) is 54.8 Å². The summed E-state index contributed by atoms with van der Waals surface area (Å²) in [6.07, 6.45) is 4.67. The topological polar surface area (TPSA) is 109 Å². The van der Waals surface area contributed by atoms with Crippen molar-refractivity contribution in [1.29, 1.82) is 0 Å². The Morgan fingerprint density at radius 3 is 2.62 bits per heavy atom. The van der Waals surface area contributed by atoms with Crippen LogP contribution in [0.2, 0.25) is 0 Å². The molecule has 2 aliphatic heterocycles. The molecule has 1 saturated heterocycles. The summed E-state index contributed by atoms with van der Waals surface area (Å²) < 4.78 is 19.3. The van der Waals surface area contributed by atoms with E-state index in [4.69, 9.17) is 24.4 Å². The highest BCUT2D eigenvalue weighted by Crippen LogP contribution is 2.44. The molecule has 5 rings (SSSR count). The number of aliphatic hydroxyl groups excluding tert-OH is 2. The predicted molar refractivity (Wildman–Crippen MR) is 166 cm³/mol. The summed E-state index contributed by atoms with van der Waals surface area (Å²) in [4.78, 5) is 13.2. The number of thiophene rings is 1. The maximum absolute atomic E-state index is 10.8. The Bertz CT molecular complexity index is 1380. The Labute approximate surface area is 252 Å². The van der Waals surface area contributed by atoms with Gasteiger partial charge in [0.25, 0.3) is 0 Å². The van der Waals surface area contributed by atoms with Crippen LogP contribution in [0.4, 0.5) is 0 Å². The number of rotatable bonds is 10. The molecule has 9 heteroatoms. The average Bonchev–Trinajstić information content (AvgIpc) is 3.54. The highest BCUT2D eigenvalue weighted by Gasteiger charge is 2.36. The molecule has 42 heavy (non-hydrogen) atoms. The molecule has 4 atom stereocenters. The first-order valence-corrected chi connectivity index (χ1v) is 15.4. The SMILES string of the molecule is C=C(O)C(=O)O.CCCC1(C)Cc2cccc(OCC(O)CN3CC[C@H](c4cc5c(OC)cccc5s4)CC3C)c2O1. The van der Waals surface area contributed by atoms with E-state index in [2.05, 4.69) is 56.5 Å². The van der Waals surface area contributed by atoms with Crippen LogP contribution < -0.4 is 14.2 Å². The Morgan fingerprint density at radius 1 is 1.24 bits per heavy atom. The zero-order chi connectivity index (χ0) is 30.4. The largest absolute Gasteiger partial charge is 0.502 e. The Kier molecular flexibility index (Phi) is 10.4. The number of carboxylic acid groups (broad SMARTS) is 1. The number of benzene rings is 2. The molecule has 0 amide bonds. The van der Waals surface area contributed by atoms with Crippen molar-refractivity contribution in [3.63, 3.8) is 0 Å². The fraction of sp³-hybridized carbons (Fsp3) is 0.485. The van der Waals surface area contributed by atoms with Gasteiger partial charge in [-0.3, -0.25) is 4.90 Å². The number of likely N-dealkylation sites (tertiary alicyclic amines) is 1. The second-order valence-corrected chi connectivity index (χ2v) is 12.6. The molecular weight excluding hydrogens is 554 g/mol.